The van der Waals surface area contributed by atoms with Crippen LogP contribution in [-0.4, -0.2) is 0 Å². The number of rotatable bonds is 3. The zero-order valence-corrected chi connectivity index (χ0v) is 11.9. The summed E-state index contributed by atoms with van der Waals surface area (Å²) < 4.78 is 0. The van der Waals surface area contributed by atoms with Gasteiger partial charge in [0.1, 0.15) is 0 Å². The molecule has 98 valence electrons. The summed E-state index contributed by atoms with van der Waals surface area (Å²) in [5.74, 6) is 0.870. The lowest BCUT2D eigenvalue weighted by atomic mass is 9.85. The topological polar surface area (TPSA) is 0 Å². The Kier molecular flexibility index (Phi) is 3.94. The quantitative estimate of drug-likeness (QED) is 0.638. The van der Waals surface area contributed by atoms with Crippen molar-refractivity contribution in [2.75, 3.05) is 0 Å². The molecule has 0 bridgehead atoms. The van der Waals surface area contributed by atoms with Gasteiger partial charge >= 0.3 is 0 Å². The predicted molar refractivity (Wildman–Crippen MR) is 78.3 cm³/mol. The standard InChI is InChI=1S/C17H23Cl/c18-17(11-13-5-2-1-3-6-13)16-10-9-14-7-4-8-15(14)12-16/h9-10,12-13,17H,1-8,11H2. The SMILES string of the molecule is ClC(CC1CCCCC1)c1ccc2c(c1)CCC2. The van der Waals surface area contributed by atoms with Crippen molar-refractivity contribution in [3.63, 3.8) is 0 Å². The van der Waals surface area contributed by atoms with Crippen LogP contribution in [0, 0.1) is 5.92 Å². The monoisotopic (exact) mass is 262 g/mol. The molecular weight excluding hydrogens is 240 g/mol. The van der Waals surface area contributed by atoms with E-state index in [2.05, 4.69) is 18.2 Å². The molecule has 3 rings (SSSR count). The molecule has 18 heavy (non-hydrogen) atoms. The van der Waals surface area contributed by atoms with Gasteiger partial charge in [-0.3, -0.25) is 0 Å². The molecule has 0 nitrogen and oxygen atoms in total. The predicted octanol–water partition coefficient (Wildman–Crippen LogP) is 5.43. The normalized spacial score (nSPS) is 21.8. The summed E-state index contributed by atoms with van der Waals surface area (Å²) in [7, 11) is 0. The van der Waals surface area contributed by atoms with Gasteiger partial charge in [-0.15, -0.1) is 11.6 Å². The van der Waals surface area contributed by atoms with Gasteiger partial charge in [0.15, 0.2) is 0 Å². The number of aryl methyl sites for hydroxylation is 2. The molecule has 1 heteroatoms. The molecule has 2 aliphatic carbocycles. The second kappa shape index (κ2) is 5.65. The van der Waals surface area contributed by atoms with Gasteiger partial charge in [-0.1, -0.05) is 50.3 Å². The van der Waals surface area contributed by atoms with Crippen LogP contribution in [0.15, 0.2) is 18.2 Å². The van der Waals surface area contributed by atoms with Crippen LogP contribution in [0.2, 0.25) is 0 Å². The lowest BCUT2D eigenvalue weighted by Gasteiger charge is -2.24. The maximum atomic E-state index is 6.64. The average molecular weight is 263 g/mol. The summed E-state index contributed by atoms with van der Waals surface area (Å²) in [5, 5.41) is 0.235. The molecule has 1 atom stereocenters. The molecule has 0 aromatic heterocycles. The fraction of sp³-hybridized carbons (Fsp3) is 0.647. The molecule has 0 amide bonds. The number of hydrogen-bond acceptors (Lipinski definition) is 0. The van der Waals surface area contributed by atoms with Crippen LogP contribution in [0.4, 0.5) is 0 Å². The Balaban J connectivity index is 1.66. The molecule has 1 aromatic carbocycles. The fourth-order valence-electron chi connectivity index (χ4n) is 3.64. The summed E-state index contributed by atoms with van der Waals surface area (Å²) in [6.07, 6.45) is 12.1. The number of halogens is 1. The van der Waals surface area contributed by atoms with Crippen molar-refractivity contribution < 1.29 is 0 Å². The minimum Gasteiger partial charge on any atom is -0.118 e. The molecule has 1 saturated carbocycles. The number of benzene rings is 1. The van der Waals surface area contributed by atoms with Crippen molar-refractivity contribution in [3.8, 4) is 0 Å². The number of hydrogen-bond donors (Lipinski definition) is 0. The van der Waals surface area contributed by atoms with Crippen LogP contribution in [-0.2, 0) is 12.8 Å². The van der Waals surface area contributed by atoms with Gasteiger partial charge in [-0.05, 0) is 48.3 Å². The van der Waals surface area contributed by atoms with E-state index in [4.69, 9.17) is 11.6 Å². The molecule has 0 saturated heterocycles. The van der Waals surface area contributed by atoms with E-state index < -0.39 is 0 Å². The smallest absolute Gasteiger partial charge is 0.0588 e. The van der Waals surface area contributed by atoms with E-state index in [9.17, 15) is 0 Å². The zero-order valence-electron chi connectivity index (χ0n) is 11.1. The van der Waals surface area contributed by atoms with Gasteiger partial charge in [0.2, 0.25) is 0 Å². The van der Waals surface area contributed by atoms with Gasteiger partial charge in [0, 0.05) is 0 Å². The summed E-state index contributed by atoms with van der Waals surface area (Å²) >= 11 is 6.64. The first kappa shape index (κ1) is 12.5. The van der Waals surface area contributed by atoms with E-state index >= 15 is 0 Å². The molecule has 1 fully saturated rings. The molecule has 0 N–H and O–H groups in total. The van der Waals surface area contributed by atoms with Crippen molar-refractivity contribution in [2.45, 2.75) is 63.2 Å². The highest BCUT2D eigenvalue weighted by Crippen LogP contribution is 2.36. The van der Waals surface area contributed by atoms with E-state index in [0.717, 1.165) is 5.92 Å². The Morgan fingerprint density at radius 3 is 2.61 bits per heavy atom. The molecule has 2 aliphatic rings. The average Bonchev–Trinajstić information content (AvgIpc) is 2.87. The van der Waals surface area contributed by atoms with Crippen LogP contribution in [0.3, 0.4) is 0 Å². The Labute approximate surface area is 116 Å². The summed E-state index contributed by atoms with van der Waals surface area (Å²) in [6.45, 7) is 0. The largest absolute Gasteiger partial charge is 0.118 e. The lowest BCUT2D eigenvalue weighted by Crippen LogP contribution is -2.09. The van der Waals surface area contributed by atoms with E-state index in [-0.39, 0.29) is 5.38 Å². The van der Waals surface area contributed by atoms with Gasteiger partial charge in [0.25, 0.3) is 0 Å². The van der Waals surface area contributed by atoms with E-state index in [1.165, 1.54) is 63.4 Å². The van der Waals surface area contributed by atoms with E-state index in [1.54, 1.807) is 11.1 Å². The molecule has 0 heterocycles. The van der Waals surface area contributed by atoms with E-state index in [1.807, 2.05) is 0 Å². The molecule has 1 unspecified atom stereocenters. The van der Waals surface area contributed by atoms with Crippen LogP contribution in [0.1, 0.15) is 67.0 Å². The van der Waals surface area contributed by atoms with Crippen molar-refractivity contribution >= 4 is 11.6 Å². The molecule has 0 radical (unpaired) electrons. The third-order valence-electron chi connectivity index (χ3n) is 4.75. The Hall–Kier alpha value is -0.490. The number of fused-ring (bicyclic) bond motifs is 1. The van der Waals surface area contributed by atoms with Crippen LogP contribution in [0.25, 0.3) is 0 Å². The van der Waals surface area contributed by atoms with Crippen LogP contribution < -0.4 is 0 Å². The third-order valence-corrected chi connectivity index (χ3v) is 5.18. The van der Waals surface area contributed by atoms with E-state index in [0.29, 0.717) is 0 Å². The molecule has 0 spiro atoms. The molecular formula is C17H23Cl. The van der Waals surface area contributed by atoms with Crippen molar-refractivity contribution in [1.29, 1.82) is 0 Å². The minimum atomic E-state index is 0.235. The first-order valence-electron chi connectivity index (χ1n) is 7.59. The zero-order chi connectivity index (χ0) is 12.4. The van der Waals surface area contributed by atoms with Crippen LogP contribution in [0.5, 0.6) is 0 Å². The maximum Gasteiger partial charge on any atom is 0.0588 e. The van der Waals surface area contributed by atoms with Gasteiger partial charge in [0.05, 0.1) is 5.38 Å². The second-order valence-electron chi connectivity index (χ2n) is 6.09. The summed E-state index contributed by atoms with van der Waals surface area (Å²) in [4.78, 5) is 0. The molecule has 1 aromatic rings. The Bertz CT molecular complexity index is 404. The third kappa shape index (κ3) is 2.74. The van der Waals surface area contributed by atoms with Crippen molar-refractivity contribution in [3.05, 3.63) is 34.9 Å². The lowest BCUT2D eigenvalue weighted by molar-refractivity contribution is 0.336. The van der Waals surface area contributed by atoms with Crippen LogP contribution >= 0.6 is 11.6 Å². The van der Waals surface area contributed by atoms with Gasteiger partial charge < -0.3 is 0 Å². The molecule has 0 aliphatic heterocycles. The highest BCUT2D eigenvalue weighted by atomic mass is 35.5. The van der Waals surface area contributed by atoms with Crippen molar-refractivity contribution in [1.82, 2.24) is 0 Å². The minimum absolute atomic E-state index is 0.235. The van der Waals surface area contributed by atoms with Gasteiger partial charge in [-0.25, -0.2) is 0 Å². The maximum absolute atomic E-state index is 6.64. The first-order chi connectivity index (χ1) is 8.83. The highest BCUT2D eigenvalue weighted by Gasteiger charge is 2.20. The first-order valence-corrected chi connectivity index (χ1v) is 8.02. The second-order valence-corrected chi connectivity index (χ2v) is 6.62. The fourth-order valence-corrected chi connectivity index (χ4v) is 4.03. The Morgan fingerprint density at radius 2 is 1.78 bits per heavy atom. The summed E-state index contributed by atoms with van der Waals surface area (Å²) in [6, 6.07) is 6.96. The van der Waals surface area contributed by atoms with Crippen molar-refractivity contribution in [2.24, 2.45) is 5.92 Å². The summed E-state index contributed by atoms with van der Waals surface area (Å²) in [5.41, 5.74) is 4.48. The Morgan fingerprint density at radius 1 is 1.00 bits per heavy atom. The number of alkyl halides is 1. The highest BCUT2D eigenvalue weighted by molar-refractivity contribution is 6.20. The van der Waals surface area contributed by atoms with Gasteiger partial charge in [-0.2, -0.15) is 0 Å².